The number of amides is 1. The fourth-order valence-corrected chi connectivity index (χ4v) is 3.90. The molecule has 2 aliphatic heterocycles. The van der Waals surface area contributed by atoms with Gasteiger partial charge in [-0.25, -0.2) is 0 Å². The Hall–Kier alpha value is -2.11. The highest BCUT2D eigenvalue weighted by Crippen LogP contribution is 2.41. The van der Waals surface area contributed by atoms with Crippen LogP contribution in [0.15, 0.2) is 42.7 Å². The van der Waals surface area contributed by atoms with Crippen molar-refractivity contribution in [1.82, 2.24) is 9.88 Å². The SMILES string of the molecule is COc1ccc(Cl)cc1N1C(=O)[C@@H]2C[C@H]1CN2Cc1cccnc1. The highest BCUT2D eigenvalue weighted by atomic mass is 35.5. The molecule has 2 aliphatic rings. The van der Waals surface area contributed by atoms with Crippen molar-refractivity contribution < 1.29 is 9.53 Å². The Morgan fingerprint density at radius 1 is 1.38 bits per heavy atom. The van der Waals surface area contributed by atoms with Gasteiger partial charge in [-0.05, 0) is 36.2 Å². The van der Waals surface area contributed by atoms with Crippen molar-refractivity contribution >= 4 is 23.2 Å². The Bertz CT molecular complexity index is 768. The van der Waals surface area contributed by atoms with Gasteiger partial charge in [0.25, 0.3) is 0 Å². The fourth-order valence-electron chi connectivity index (χ4n) is 3.73. The van der Waals surface area contributed by atoms with Crippen LogP contribution in [0.3, 0.4) is 0 Å². The smallest absolute Gasteiger partial charge is 0.244 e. The number of pyridine rings is 1. The molecule has 4 rings (SSSR count). The van der Waals surface area contributed by atoms with Crippen molar-refractivity contribution in [2.24, 2.45) is 0 Å². The Balaban J connectivity index is 1.57. The van der Waals surface area contributed by atoms with E-state index in [1.165, 1.54) is 0 Å². The van der Waals surface area contributed by atoms with Crippen molar-refractivity contribution in [1.29, 1.82) is 0 Å². The highest BCUT2D eigenvalue weighted by molar-refractivity contribution is 6.31. The van der Waals surface area contributed by atoms with E-state index >= 15 is 0 Å². The molecule has 2 fully saturated rings. The van der Waals surface area contributed by atoms with Crippen molar-refractivity contribution in [2.45, 2.75) is 25.0 Å². The van der Waals surface area contributed by atoms with Crippen LogP contribution in [0.4, 0.5) is 5.69 Å². The predicted molar refractivity (Wildman–Crippen MR) is 92.3 cm³/mol. The lowest BCUT2D eigenvalue weighted by Gasteiger charge is -2.34. The average Bonchev–Trinajstić information content (AvgIpc) is 3.13. The maximum Gasteiger partial charge on any atom is 0.244 e. The van der Waals surface area contributed by atoms with Crippen LogP contribution in [-0.2, 0) is 11.3 Å². The lowest BCUT2D eigenvalue weighted by Crippen LogP contribution is -2.50. The van der Waals surface area contributed by atoms with E-state index in [-0.39, 0.29) is 18.0 Å². The van der Waals surface area contributed by atoms with Crippen molar-refractivity contribution in [3.05, 3.63) is 53.3 Å². The molecule has 0 N–H and O–H groups in total. The number of ether oxygens (including phenoxy) is 1. The van der Waals surface area contributed by atoms with Crippen LogP contribution in [-0.4, -0.2) is 41.5 Å². The van der Waals surface area contributed by atoms with E-state index < -0.39 is 0 Å². The van der Waals surface area contributed by atoms with Gasteiger partial charge in [-0.2, -0.15) is 0 Å². The van der Waals surface area contributed by atoms with Crippen LogP contribution in [0.5, 0.6) is 5.75 Å². The second kappa shape index (κ2) is 6.07. The standard InChI is InChI=1S/C18H18ClN3O2/c1-24-17-5-4-13(19)7-15(17)22-14-8-16(18(22)23)21(11-14)10-12-3-2-6-20-9-12/h2-7,9,14,16H,8,10-11H2,1H3/t14-,16-/m0/s1. The normalized spacial score (nSPS) is 23.1. The van der Waals surface area contributed by atoms with E-state index in [9.17, 15) is 4.79 Å². The number of aromatic nitrogens is 1. The molecule has 0 radical (unpaired) electrons. The Labute approximate surface area is 145 Å². The van der Waals surface area contributed by atoms with Crippen LogP contribution < -0.4 is 9.64 Å². The fraction of sp³-hybridized carbons (Fsp3) is 0.333. The van der Waals surface area contributed by atoms with Crippen LogP contribution in [0.2, 0.25) is 5.02 Å². The van der Waals surface area contributed by atoms with Crippen LogP contribution >= 0.6 is 11.6 Å². The largest absolute Gasteiger partial charge is 0.495 e. The summed E-state index contributed by atoms with van der Waals surface area (Å²) >= 11 is 6.13. The Morgan fingerprint density at radius 3 is 2.96 bits per heavy atom. The first kappa shape index (κ1) is 15.4. The number of halogens is 1. The van der Waals surface area contributed by atoms with Gasteiger partial charge in [0.05, 0.1) is 24.9 Å². The number of carbonyl (C=O) groups excluding carboxylic acids is 1. The first-order valence-corrected chi connectivity index (χ1v) is 8.34. The summed E-state index contributed by atoms with van der Waals surface area (Å²) < 4.78 is 5.42. The summed E-state index contributed by atoms with van der Waals surface area (Å²) in [6, 6.07) is 9.44. The third kappa shape index (κ3) is 2.54. The van der Waals surface area contributed by atoms with E-state index in [0.717, 1.165) is 30.8 Å². The molecule has 0 spiro atoms. The minimum Gasteiger partial charge on any atom is -0.495 e. The molecule has 1 aromatic heterocycles. The van der Waals surface area contributed by atoms with Gasteiger partial charge in [0.15, 0.2) is 0 Å². The number of fused-ring (bicyclic) bond motifs is 2. The minimum atomic E-state index is -0.0844. The topological polar surface area (TPSA) is 45.7 Å². The quantitative estimate of drug-likeness (QED) is 0.856. The van der Waals surface area contributed by atoms with E-state index in [4.69, 9.17) is 16.3 Å². The lowest BCUT2D eigenvalue weighted by atomic mass is 10.2. The summed E-state index contributed by atoms with van der Waals surface area (Å²) in [6.45, 7) is 1.60. The van der Waals surface area contributed by atoms with Crippen LogP contribution in [0, 0.1) is 0 Å². The number of rotatable bonds is 4. The number of anilines is 1. The van der Waals surface area contributed by atoms with Crippen molar-refractivity contribution in [2.75, 3.05) is 18.6 Å². The molecule has 2 saturated heterocycles. The van der Waals surface area contributed by atoms with Crippen molar-refractivity contribution in [3.63, 3.8) is 0 Å². The number of hydrogen-bond acceptors (Lipinski definition) is 4. The van der Waals surface area contributed by atoms with E-state index in [2.05, 4.69) is 9.88 Å². The molecule has 0 saturated carbocycles. The van der Waals surface area contributed by atoms with Gasteiger partial charge >= 0.3 is 0 Å². The molecular formula is C18H18ClN3O2. The molecular weight excluding hydrogens is 326 g/mol. The molecule has 0 unspecified atom stereocenters. The van der Waals surface area contributed by atoms with Gasteiger partial charge in [-0.3, -0.25) is 14.7 Å². The maximum atomic E-state index is 12.9. The van der Waals surface area contributed by atoms with Crippen LogP contribution in [0.1, 0.15) is 12.0 Å². The lowest BCUT2D eigenvalue weighted by molar-refractivity contribution is -0.122. The number of nitrogens with zero attached hydrogens (tertiary/aromatic N) is 3. The summed E-state index contributed by atoms with van der Waals surface area (Å²) in [7, 11) is 1.61. The second-order valence-corrected chi connectivity index (χ2v) is 6.66. The Kier molecular flexibility index (Phi) is 3.90. The monoisotopic (exact) mass is 343 g/mol. The average molecular weight is 344 g/mol. The molecule has 3 heterocycles. The number of piperazine rings is 1. The summed E-state index contributed by atoms with van der Waals surface area (Å²) in [4.78, 5) is 21.2. The third-order valence-corrected chi connectivity index (χ3v) is 5.01. The van der Waals surface area contributed by atoms with Gasteiger partial charge in [0.1, 0.15) is 5.75 Å². The minimum absolute atomic E-state index is 0.0844. The van der Waals surface area contributed by atoms with E-state index in [1.807, 2.05) is 35.4 Å². The van der Waals surface area contributed by atoms with Gasteiger partial charge in [-0.15, -0.1) is 0 Å². The zero-order valence-electron chi connectivity index (χ0n) is 13.4. The first-order chi connectivity index (χ1) is 11.7. The third-order valence-electron chi connectivity index (χ3n) is 4.78. The molecule has 1 aromatic carbocycles. The molecule has 6 heteroatoms. The molecule has 124 valence electrons. The number of hydrogen-bond donors (Lipinski definition) is 0. The molecule has 2 aromatic rings. The van der Waals surface area contributed by atoms with Gasteiger partial charge in [0, 0.05) is 30.5 Å². The predicted octanol–water partition coefficient (Wildman–Crippen LogP) is 2.73. The Morgan fingerprint density at radius 2 is 2.25 bits per heavy atom. The number of benzene rings is 1. The first-order valence-electron chi connectivity index (χ1n) is 7.97. The summed E-state index contributed by atoms with van der Waals surface area (Å²) in [5, 5.41) is 0.605. The molecule has 1 amide bonds. The molecule has 2 atom stereocenters. The second-order valence-electron chi connectivity index (χ2n) is 6.22. The molecule has 0 aliphatic carbocycles. The van der Waals surface area contributed by atoms with Gasteiger partial charge in [-0.1, -0.05) is 17.7 Å². The van der Waals surface area contributed by atoms with E-state index in [1.54, 1.807) is 19.4 Å². The summed E-state index contributed by atoms with van der Waals surface area (Å²) in [5.41, 5.74) is 1.90. The molecule has 24 heavy (non-hydrogen) atoms. The zero-order chi connectivity index (χ0) is 16.7. The maximum absolute atomic E-state index is 12.9. The van der Waals surface area contributed by atoms with Gasteiger partial charge in [0.2, 0.25) is 5.91 Å². The molecule has 5 nitrogen and oxygen atoms in total. The van der Waals surface area contributed by atoms with Crippen molar-refractivity contribution in [3.8, 4) is 5.75 Å². The van der Waals surface area contributed by atoms with Crippen LogP contribution in [0.25, 0.3) is 0 Å². The zero-order valence-corrected chi connectivity index (χ0v) is 14.1. The highest BCUT2D eigenvalue weighted by Gasteiger charge is 2.50. The summed E-state index contributed by atoms with van der Waals surface area (Å²) in [5.74, 6) is 0.801. The number of carbonyl (C=O) groups is 1. The molecule has 2 bridgehead atoms. The number of likely N-dealkylation sites (tertiary alicyclic amines) is 1. The van der Waals surface area contributed by atoms with E-state index in [0.29, 0.717) is 10.8 Å². The number of methoxy groups -OCH3 is 1. The summed E-state index contributed by atoms with van der Waals surface area (Å²) in [6.07, 6.45) is 4.46. The van der Waals surface area contributed by atoms with Gasteiger partial charge < -0.3 is 9.64 Å².